The summed E-state index contributed by atoms with van der Waals surface area (Å²) >= 11 is 5.55. The number of carbonyl (C=O) groups is 5. The van der Waals surface area contributed by atoms with Crippen molar-refractivity contribution in [3.05, 3.63) is 46.1 Å². The summed E-state index contributed by atoms with van der Waals surface area (Å²) in [6, 6.07) is 0. The molecular weight excluding hydrogens is 803 g/mol. The van der Waals surface area contributed by atoms with Gasteiger partial charge in [0.1, 0.15) is 26.4 Å². The zero-order chi connectivity index (χ0) is 26.9. The van der Waals surface area contributed by atoms with Crippen LogP contribution in [-0.4, -0.2) is 56.2 Å². The molecule has 35 heavy (non-hydrogen) atoms. The van der Waals surface area contributed by atoms with E-state index in [1.807, 2.05) is 67.8 Å². The number of carbonyl (C=O) groups excluding carboxylic acids is 5. The molecule has 0 saturated carbocycles. The third kappa shape index (κ3) is 9.32. The number of nitrogens with one attached hydrogen (secondary N) is 1. The van der Waals surface area contributed by atoms with E-state index in [1.165, 1.54) is 20.8 Å². The average Bonchev–Trinajstić information content (AvgIpc) is 2.76. The van der Waals surface area contributed by atoms with E-state index in [4.69, 9.17) is 18.9 Å². The highest BCUT2D eigenvalue weighted by Gasteiger charge is 2.30. The molecule has 10 nitrogen and oxygen atoms in total. The molecule has 190 valence electrons. The predicted octanol–water partition coefficient (Wildman–Crippen LogP) is 4.01. The molecule has 0 aliphatic rings. The zero-order valence-electron chi connectivity index (χ0n) is 19.1. The lowest BCUT2D eigenvalue weighted by Crippen LogP contribution is -2.22. The number of benzene rings is 1. The number of ether oxygens (including phenoxy) is 4. The van der Waals surface area contributed by atoms with Crippen LogP contribution in [0.4, 0.5) is 5.69 Å². The molecule has 1 N–H and O–H groups in total. The molecule has 0 fully saturated rings. The second-order valence-corrected chi connectivity index (χ2v) is 10.1. The van der Waals surface area contributed by atoms with Crippen molar-refractivity contribution < 1.29 is 42.9 Å². The molecule has 1 rings (SSSR count). The Morgan fingerprint density at radius 2 is 1.00 bits per heavy atom. The van der Waals surface area contributed by atoms with Crippen molar-refractivity contribution in [3.63, 3.8) is 0 Å². The third-order valence-corrected chi connectivity index (χ3v) is 7.06. The molecule has 0 heterocycles. The van der Waals surface area contributed by atoms with Crippen LogP contribution in [0.5, 0.6) is 0 Å². The van der Waals surface area contributed by atoms with E-state index < -0.39 is 29.8 Å². The van der Waals surface area contributed by atoms with E-state index in [0.717, 1.165) is 0 Å². The van der Waals surface area contributed by atoms with Gasteiger partial charge in [-0.05, 0) is 81.6 Å². The highest BCUT2D eigenvalue weighted by Crippen LogP contribution is 2.36. The zero-order valence-corrected chi connectivity index (χ0v) is 25.5. The van der Waals surface area contributed by atoms with Crippen molar-refractivity contribution in [2.24, 2.45) is 0 Å². The Kier molecular flexibility index (Phi) is 13.1. The Morgan fingerprint density at radius 1 is 0.657 bits per heavy atom. The summed E-state index contributed by atoms with van der Waals surface area (Å²) in [5.41, 5.74) is 0.705. The SMILES string of the molecule is C=C(C)C(=O)OCCOC(=O)c1c(I)c(NC(C)=O)c(I)c(C(=O)OCCOC(=O)C(=C)C)c1I. The summed E-state index contributed by atoms with van der Waals surface area (Å²) in [4.78, 5) is 60.4. The first-order chi connectivity index (χ1) is 16.3. The molecule has 0 spiro atoms. The largest absolute Gasteiger partial charge is 0.459 e. The van der Waals surface area contributed by atoms with Gasteiger partial charge in [-0.25, -0.2) is 19.2 Å². The number of rotatable bonds is 11. The molecule has 0 aliphatic carbocycles. The van der Waals surface area contributed by atoms with Crippen LogP contribution in [0.25, 0.3) is 0 Å². The Bertz CT molecular complexity index is 1010. The van der Waals surface area contributed by atoms with Gasteiger partial charge < -0.3 is 24.3 Å². The number of hydrogen-bond acceptors (Lipinski definition) is 9. The maximum Gasteiger partial charge on any atom is 0.340 e. The van der Waals surface area contributed by atoms with Crippen LogP contribution in [0.1, 0.15) is 41.5 Å². The van der Waals surface area contributed by atoms with Crippen molar-refractivity contribution in [3.8, 4) is 0 Å². The van der Waals surface area contributed by atoms with E-state index >= 15 is 0 Å². The number of amides is 1. The van der Waals surface area contributed by atoms with Crippen LogP contribution in [-0.2, 0) is 33.3 Å². The number of hydrogen-bond donors (Lipinski definition) is 1. The molecular formula is C22H22I3NO9. The number of halogens is 3. The van der Waals surface area contributed by atoms with E-state index in [0.29, 0.717) is 7.14 Å². The summed E-state index contributed by atoms with van der Waals surface area (Å²) in [5.74, 6) is -3.24. The van der Waals surface area contributed by atoms with Crippen molar-refractivity contribution >= 4 is 103 Å². The average molecular weight is 825 g/mol. The normalized spacial score (nSPS) is 10.1. The maximum atomic E-state index is 12.9. The first-order valence-electron chi connectivity index (χ1n) is 9.77. The topological polar surface area (TPSA) is 134 Å². The Balaban J connectivity index is 3.17. The second kappa shape index (κ2) is 14.7. The Morgan fingerprint density at radius 3 is 1.31 bits per heavy atom. The van der Waals surface area contributed by atoms with Crippen molar-refractivity contribution in [1.29, 1.82) is 0 Å². The van der Waals surface area contributed by atoms with Gasteiger partial charge in [-0.15, -0.1) is 0 Å². The lowest BCUT2D eigenvalue weighted by Gasteiger charge is -2.18. The van der Waals surface area contributed by atoms with Crippen molar-refractivity contribution in [2.45, 2.75) is 20.8 Å². The van der Waals surface area contributed by atoms with Crippen LogP contribution in [0, 0.1) is 10.7 Å². The first-order valence-corrected chi connectivity index (χ1v) is 13.0. The first kappa shape index (κ1) is 31.3. The minimum Gasteiger partial charge on any atom is -0.459 e. The fourth-order valence-electron chi connectivity index (χ4n) is 2.24. The minimum absolute atomic E-state index is 0.0299. The van der Waals surface area contributed by atoms with E-state index in [-0.39, 0.29) is 58.0 Å². The predicted molar refractivity (Wildman–Crippen MR) is 151 cm³/mol. The van der Waals surface area contributed by atoms with Crippen molar-refractivity contribution in [2.75, 3.05) is 31.7 Å². The maximum absolute atomic E-state index is 12.9. The lowest BCUT2D eigenvalue weighted by atomic mass is 10.1. The molecule has 0 aromatic heterocycles. The molecule has 13 heteroatoms. The highest BCUT2D eigenvalue weighted by atomic mass is 127. The lowest BCUT2D eigenvalue weighted by molar-refractivity contribution is -0.140. The standard InChI is InChI=1S/C22H22I3NO9/c1-10(2)19(28)32-6-8-34-21(30)13-15(23)14(17(25)18(16(13)24)26-12(5)27)22(31)35-9-7-33-20(29)11(3)4/h1,3,6-9H2,2,4-5H3,(H,26,27). The van der Waals surface area contributed by atoms with Gasteiger partial charge in [0.2, 0.25) is 5.91 Å². The molecule has 0 saturated heterocycles. The molecule has 0 unspecified atom stereocenters. The summed E-state index contributed by atoms with van der Waals surface area (Å²) in [7, 11) is 0. The smallest absolute Gasteiger partial charge is 0.340 e. The Labute approximate surface area is 242 Å². The van der Waals surface area contributed by atoms with Gasteiger partial charge in [-0.2, -0.15) is 0 Å². The quantitative estimate of drug-likeness (QED) is 0.116. The number of esters is 4. The second-order valence-electron chi connectivity index (χ2n) is 6.85. The van der Waals surface area contributed by atoms with Crippen LogP contribution < -0.4 is 5.32 Å². The molecule has 1 aromatic carbocycles. The van der Waals surface area contributed by atoms with Gasteiger partial charge in [-0.1, -0.05) is 13.2 Å². The van der Waals surface area contributed by atoms with E-state index in [1.54, 1.807) is 0 Å². The van der Waals surface area contributed by atoms with Crippen molar-refractivity contribution in [1.82, 2.24) is 0 Å². The van der Waals surface area contributed by atoms with Crippen LogP contribution >= 0.6 is 67.8 Å². The molecule has 0 atom stereocenters. The van der Waals surface area contributed by atoms with Gasteiger partial charge in [0, 0.05) is 21.6 Å². The molecule has 0 bridgehead atoms. The summed E-state index contributed by atoms with van der Waals surface area (Å²) in [6.45, 7) is 10.3. The van der Waals surface area contributed by atoms with Crippen LogP contribution in [0.2, 0.25) is 0 Å². The fourth-order valence-corrected chi connectivity index (χ4v) is 6.55. The van der Waals surface area contributed by atoms with Gasteiger partial charge in [0.15, 0.2) is 0 Å². The monoisotopic (exact) mass is 825 g/mol. The van der Waals surface area contributed by atoms with E-state index in [9.17, 15) is 24.0 Å². The fraction of sp³-hybridized carbons (Fsp3) is 0.318. The van der Waals surface area contributed by atoms with Gasteiger partial charge in [0.05, 0.1) is 24.0 Å². The van der Waals surface area contributed by atoms with Gasteiger partial charge >= 0.3 is 23.9 Å². The Hall–Kier alpha value is -1.76. The van der Waals surface area contributed by atoms with E-state index in [2.05, 4.69) is 18.5 Å². The summed E-state index contributed by atoms with van der Waals surface area (Å²) in [5, 5.41) is 2.62. The molecule has 0 aliphatic heterocycles. The minimum atomic E-state index is -0.794. The van der Waals surface area contributed by atoms with Crippen LogP contribution in [0.3, 0.4) is 0 Å². The summed E-state index contributed by atoms with van der Waals surface area (Å²) < 4.78 is 21.2. The number of anilines is 1. The molecule has 1 amide bonds. The van der Waals surface area contributed by atoms with Gasteiger partial charge in [-0.3, -0.25) is 4.79 Å². The van der Waals surface area contributed by atoms with Crippen LogP contribution in [0.15, 0.2) is 24.3 Å². The summed E-state index contributed by atoms with van der Waals surface area (Å²) in [6.07, 6.45) is 0. The van der Waals surface area contributed by atoms with Gasteiger partial charge in [0.25, 0.3) is 0 Å². The highest BCUT2D eigenvalue weighted by molar-refractivity contribution is 14.1. The molecule has 1 aromatic rings. The third-order valence-electron chi connectivity index (χ3n) is 3.82. The molecule has 0 radical (unpaired) electrons.